The van der Waals surface area contributed by atoms with Crippen LogP contribution in [0.4, 0.5) is 0 Å². The number of H-pyrrole nitrogens is 1. The first-order chi connectivity index (χ1) is 16.2. The van der Waals surface area contributed by atoms with E-state index in [1.54, 1.807) is 23.1 Å². The van der Waals surface area contributed by atoms with E-state index in [2.05, 4.69) is 16.0 Å². The monoisotopic (exact) mass is 439 g/mol. The summed E-state index contributed by atoms with van der Waals surface area (Å²) in [6.45, 7) is 0.495. The number of amides is 1. The Morgan fingerprint density at radius 3 is 2.61 bits per heavy atom. The average molecular weight is 440 g/mol. The largest absolute Gasteiger partial charge is 0.484 e. The zero-order chi connectivity index (χ0) is 22.6. The third kappa shape index (κ3) is 4.80. The first-order valence-corrected chi connectivity index (χ1v) is 11.2. The van der Waals surface area contributed by atoms with Crippen molar-refractivity contribution in [1.29, 1.82) is 0 Å². The van der Waals surface area contributed by atoms with Crippen LogP contribution in [0.25, 0.3) is 10.9 Å². The van der Waals surface area contributed by atoms with Crippen LogP contribution in [0.1, 0.15) is 28.9 Å². The smallest absolute Gasteiger partial charge is 0.261 e. The molecule has 0 saturated carbocycles. The van der Waals surface area contributed by atoms with E-state index in [0.717, 1.165) is 18.4 Å². The molecule has 0 saturated heterocycles. The van der Waals surface area contributed by atoms with Gasteiger partial charge in [0.05, 0.1) is 17.4 Å². The predicted octanol–water partition coefficient (Wildman–Crippen LogP) is 4.02. The molecule has 3 aromatic carbocycles. The molecule has 0 spiro atoms. The van der Waals surface area contributed by atoms with Gasteiger partial charge in [-0.05, 0) is 60.2 Å². The molecule has 0 aliphatic heterocycles. The summed E-state index contributed by atoms with van der Waals surface area (Å²) in [4.78, 5) is 34.7. The Hall–Kier alpha value is -3.93. The number of carbonyl (C=O) groups excluding carboxylic acids is 1. The van der Waals surface area contributed by atoms with Crippen LogP contribution < -0.4 is 10.3 Å². The van der Waals surface area contributed by atoms with Gasteiger partial charge >= 0.3 is 0 Å². The van der Waals surface area contributed by atoms with E-state index in [1.165, 1.54) is 17.5 Å². The van der Waals surface area contributed by atoms with Crippen LogP contribution in [-0.2, 0) is 30.7 Å². The van der Waals surface area contributed by atoms with Gasteiger partial charge in [0, 0.05) is 6.54 Å². The summed E-state index contributed by atoms with van der Waals surface area (Å²) in [5, 5.41) is 0.530. The number of aromatic nitrogens is 2. The Balaban J connectivity index is 1.36. The third-order valence-corrected chi connectivity index (χ3v) is 6.00. The van der Waals surface area contributed by atoms with E-state index in [0.29, 0.717) is 29.0 Å². The molecule has 5 rings (SSSR count). The average Bonchev–Trinajstić information content (AvgIpc) is 3.31. The molecule has 6 heteroatoms. The number of hydrogen-bond donors (Lipinski definition) is 1. The van der Waals surface area contributed by atoms with Crippen LogP contribution in [-0.4, -0.2) is 27.4 Å². The van der Waals surface area contributed by atoms with Gasteiger partial charge in [0.2, 0.25) is 0 Å². The van der Waals surface area contributed by atoms with E-state index in [9.17, 15) is 9.59 Å². The Morgan fingerprint density at radius 2 is 1.73 bits per heavy atom. The normalized spacial score (nSPS) is 12.5. The lowest BCUT2D eigenvalue weighted by atomic mass is 10.1. The Kier molecular flexibility index (Phi) is 5.89. The van der Waals surface area contributed by atoms with Crippen LogP contribution in [0.3, 0.4) is 0 Å². The molecule has 1 aliphatic carbocycles. The molecule has 1 amide bonds. The Morgan fingerprint density at radius 1 is 0.939 bits per heavy atom. The molecule has 4 aromatic rings. The molecule has 1 N–H and O–H groups in total. The summed E-state index contributed by atoms with van der Waals surface area (Å²) in [5.41, 5.74) is 4.06. The van der Waals surface area contributed by atoms with Crippen LogP contribution >= 0.6 is 0 Å². The maximum Gasteiger partial charge on any atom is 0.261 e. The molecule has 0 atom stereocenters. The molecular weight excluding hydrogens is 414 g/mol. The lowest BCUT2D eigenvalue weighted by Crippen LogP contribution is -2.35. The van der Waals surface area contributed by atoms with Crippen molar-refractivity contribution in [2.24, 2.45) is 0 Å². The molecule has 1 heterocycles. The van der Waals surface area contributed by atoms with Gasteiger partial charge in [-0.2, -0.15) is 0 Å². The SMILES string of the molecule is O=C(COc1ccc2c(c1)CCC2)N(Cc1ccccc1)Cc1nc2ccccc2c(=O)[nH]1. The number of benzene rings is 3. The number of ether oxygens (including phenoxy) is 1. The van der Waals surface area contributed by atoms with Crippen molar-refractivity contribution in [3.8, 4) is 5.75 Å². The number of rotatable bonds is 7. The van der Waals surface area contributed by atoms with Gasteiger partial charge < -0.3 is 14.6 Å². The van der Waals surface area contributed by atoms with Crippen LogP contribution in [0.15, 0.2) is 77.6 Å². The summed E-state index contributed by atoms with van der Waals surface area (Å²) in [5.74, 6) is 0.983. The molecule has 0 radical (unpaired) electrons. The Bertz CT molecular complexity index is 1350. The molecule has 0 unspecified atom stereocenters. The molecule has 1 aromatic heterocycles. The maximum atomic E-state index is 13.2. The summed E-state index contributed by atoms with van der Waals surface area (Å²) in [7, 11) is 0. The summed E-state index contributed by atoms with van der Waals surface area (Å²) in [6, 6.07) is 23.0. The topological polar surface area (TPSA) is 75.3 Å². The van der Waals surface area contributed by atoms with Crippen molar-refractivity contribution in [3.63, 3.8) is 0 Å². The fraction of sp³-hybridized carbons (Fsp3) is 0.222. The van der Waals surface area contributed by atoms with Crippen LogP contribution in [0, 0.1) is 0 Å². The van der Waals surface area contributed by atoms with Gasteiger partial charge in [0.1, 0.15) is 11.6 Å². The van der Waals surface area contributed by atoms with Crippen molar-refractivity contribution < 1.29 is 9.53 Å². The van der Waals surface area contributed by atoms with Gasteiger partial charge in [-0.1, -0.05) is 48.5 Å². The lowest BCUT2D eigenvalue weighted by Gasteiger charge is -2.23. The third-order valence-electron chi connectivity index (χ3n) is 6.00. The van der Waals surface area contributed by atoms with Crippen molar-refractivity contribution in [2.45, 2.75) is 32.4 Å². The number of para-hydroxylation sites is 1. The molecule has 6 nitrogen and oxygen atoms in total. The highest BCUT2D eigenvalue weighted by Gasteiger charge is 2.18. The second kappa shape index (κ2) is 9.28. The zero-order valence-corrected chi connectivity index (χ0v) is 18.3. The van der Waals surface area contributed by atoms with E-state index >= 15 is 0 Å². The minimum Gasteiger partial charge on any atom is -0.484 e. The summed E-state index contributed by atoms with van der Waals surface area (Å²) >= 11 is 0. The number of nitrogens with zero attached hydrogens (tertiary/aromatic N) is 2. The second-order valence-corrected chi connectivity index (χ2v) is 8.34. The van der Waals surface area contributed by atoms with Crippen molar-refractivity contribution in [2.75, 3.05) is 6.61 Å². The van der Waals surface area contributed by atoms with Crippen LogP contribution in [0.5, 0.6) is 5.75 Å². The fourth-order valence-corrected chi connectivity index (χ4v) is 4.30. The highest BCUT2D eigenvalue weighted by Crippen LogP contribution is 2.26. The number of fused-ring (bicyclic) bond motifs is 2. The molecule has 33 heavy (non-hydrogen) atoms. The van der Waals surface area contributed by atoms with Gasteiger partial charge in [0.15, 0.2) is 6.61 Å². The van der Waals surface area contributed by atoms with E-state index in [-0.39, 0.29) is 24.6 Å². The number of aromatic amines is 1. The quantitative estimate of drug-likeness (QED) is 0.472. The molecule has 166 valence electrons. The van der Waals surface area contributed by atoms with Gasteiger partial charge in [-0.25, -0.2) is 4.98 Å². The first-order valence-electron chi connectivity index (χ1n) is 11.2. The molecular formula is C27H25N3O3. The van der Waals surface area contributed by atoms with Gasteiger partial charge in [-0.3, -0.25) is 9.59 Å². The minimum atomic E-state index is -0.211. The zero-order valence-electron chi connectivity index (χ0n) is 18.3. The summed E-state index contributed by atoms with van der Waals surface area (Å²) < 4.78 is 5.86. The fourth-order valence-electron chi connectivity index (χ4n) is 4.30. The molecule has 1 aliphatic rings. The first kappa shape index (κ1) is 20.9. The van der Waals surface area contributed by atoms with E-state index in [4.69, 9.17) is 4.74 Å². The maximum absolute atomic E-state index is 13.2. The van der Waals surface area contributed by atoms with E-state index < -0.39 is 0 Å². The predicted molar refractivity (Wildman–Crippen MR) is 127 cm³/mol. The lowest BCUT2D eigenvalue weighted by molar-refractivity contribution is -0.134. The molecule has 0 fully saturated rings. The standard InChI is InChI=1S/C27H25N3O3/c31-26(18-33-22-14-13-20-9-6-10-21(20)15-22)30(16-19-7-2-1-3-8-19)17-25-28-24-12-5-4-11-23(24)27(32)29-25/h1-5,7-8,11-15H,6,9-10,16-18H2,(H,28,29,32). The second-order valence-electron chi connectivity index (χ2n) is 8.34. The molecule has 0 bridgehead atoms. The van der Waals surface area contributed by atoms with Crippen molar-refractivity contribution in [1.82, 2.24) is 14.9 Å². The van der Waals surface area contributed by atoms with E-state index in [1.807, 2.05) is 48.5 Å². The summed E-state index contributed by atoms with van der Waals surface area (Å²) in [6.07, 6.45) is 3.33. The number of hydrogen-bond acceptors (Lipinski definition) is 4. The highest BCUT2D eigenvalue weighted by atomic mass is 16.5. The van der Waals surface area contributed by atoms with Crippen molar-refractivity contribution >= 4 is 16.8 Å². The number of carbonyl (C=O) groups is 1. The highest BCUT2D eigenvalue weighted by molar-refractivity contribution is 5.78. The van der Waals surface area contributed by atoms with Crippen molar-refractivity contribution in [3.05, 3.63) is 106 Å². The van der Waals surface area contributed by atoms with Gasteiger partial charge in [0.25, 0.3) is 11.5 Å². The Labute approximate surface area is 191 Å². The van der Waals surface area contributed by atoms with Crippen LogP contribution in [0.2, 0.25) is 0 Å². The van der Waals surface area contributed by atoms with Gasteiger partial charge in [-0.15, -0.1) is 0 Å². The minimum absolute atomic E-state index is 0.0799. The number of aryl methyl sites for hydroxylation is 2. The number of nitrogens with one attached hydrogen (secondary N) is 1.